The van der Waals surface area contributed by atoms with Crippen molar-refractivity contribution in [3.05, 3.63) is 41.0 Å². The molecular weight excluding hydrogens is 350 g/mol. The molecule has 1 aliphatic carbocycles. The number of nitrogens with zero attached hydrogens (tertiary/aromatic N) is 4. The van der Waals surface area contributed by atoms with Crippen LogP contribution in [0.3, 0.4) is 0 Å². The minimum atomic E-state index is -0.381. The molecule has 1 aromatic rings. The van der Waals surface area contributed by atoms with Gasteiger partial charge in [0.1, 0.15) is 0 Å². The van der Waals surface area contributed by atoms with Crippen molar-refractivity contribution in [2.45, 2.75) is 39.0 Å². The molecule has 1 amide bonds. The van der Waals surface area contributed by atoms with Crippen LogP contribution in [0.15, 0.2) is 29.3 Å². The Morgan fingerprint density at radius 3 is 2.50 bits per heavy atom. The van der Waals surface area contributed by atoms with E-state index in [0.717, 1.165) is 37.9 Å². The van der Waals surface area contributed by atoms with Crippen LogP contribution in [0.5, 0.6) is 0 Å². The number of rotatable bonds is 3. The van der Waals surface area contributed by atoms with Gasteiger partial charge in [0.05, 0.1) is 0 Å². The minimum Gasteiger partial charge on any atom is -0.366 e. The summed E-state index contributed by atoms with van der Waals surface area (Å²) in [5, 5.41) is 8.90. The van der Waals surface area contributed by atoms with Gasteiger partial charge in [-0.1, -0.05) is 32.1 Å². The molecule has 1 saturated heterocycles. The number of carbonyl (C=O) groups is 1. The fraction of sp³-hybridized carbons (Fsp3) is 0.500. The standard InChI is InChI=1S/C22H29N5O/c1-22(2)9-7-15(8-10-22)19-11-16(5-6-18(19)20(24)28)17-12-26(3)21(25-14-23)27(4)13-17/h5-7,11,17H,8-10,12-13H2,1-4H3,(H2,24,28). The van der Waals surface area contributed by atoms with E-state index in [-0.39, 0.29) is 11.8 Å². The monoisotopic (exact) mass is 379 g/mol. The highest BCUT2D eigenvalue weighted by atomic mass is 16.1. The van der Waals surface area contributed by atoms with E-state index in [4.69, 9.17) is 11.0 Å². The Hall–Kier alpha value is -2.81. The number of hydrogen-bond donors (Lipinski definition) is 1. The molecule has 0 bridgehead atoms. The van der Waals surface area contributed by atoms with Gasteiger partial charge in [0.2, 0.25) is 18.1 Å². The number of nitrogens with two attached hydrogens (primary N) is 1. The molecule has 6 heteroatoms. The number of nitriles is 1. The maximum atomic E-state index is 12.0. The molecule has 0 saturated carbocycles. The van der Waals surface area contributed by atoms with Gasteiger partial charge >= 0.3 is 0 Å². The summed E-state index contributed by atoms with van der Waals surface area (Å²) in [6.45, 7) is 6.10. The van der Waals surface area contributed by atoms with Crippen LogP contribution in [-0.4, -0.2) is 48.9 Å². The van der Waals surface area contributed by atoms with Crippen LogP contribution in [-0.2, 0) is 0 Å². The second-order valence-electron chi connectivity index (χ2n) is 8.74. The summed E-state index contributed by atoms with van der Waals surface area (Å²) in [4.78, 5) is 20.0. The lowest BCUT2D eigenvalue weighted by Gasteiger charge is -2.39. The SMILES string of the molecule is CN1CC(c2ccc(C(N)=O)c(C3=CCC(C)(C)CC3)c2)CN(C)C1=NC#N. The van der Waals surface area contributed by atoms with Crippen LogP contribution in [0.4, 0.5) is 0 Å². The highest BCUT2D eigenvalue weighted by molar-refractivity contribution is 5.98. The fourth-order valence-corrected chi connectivity index (χ4v) is 4.22. The molecule has 2 aliphatic rings. The van der Waals surface area contributed by atoms with Crippen molar-refractivity contribution in [2.75, 3.05) is 27.2 Å². The van der Waals surface area contributed by atoms with Gasteiger partial charge < -0.3 is 15.5 Å². The number of amides is 1. The molecule has 1 aliphatic heterocycles. The average Bonchev–Trinajstić information content (AvgIpc) is 2.64. The number of likely N-dealkylation sites (N-methyl/N-ethyl adjacent to an activating group) is 2. The van der Waals surface area contributed by atoms with Crippen LogP contribution < -0.4 is 5.73 Å². The highest BCUT2D eigenvalue weighted by Crippen LogP contribution is 2.39. The Morgan fingerprint density at radius 2 is 1.96 bits per heavy atom. The van der Waals surface area contributed by atoms with Gasteiger partial charge in [0.25, 0.3) is 0 Å². The van der Waals surface area contributed by atoms with Crippen LogP contribution in [0.2, 0.25) is 0 Å². The molecule has 0 aromatic heterocycles. The largest absolute Gasteiger partial charge is 0.366 e. The van der Waals surface area contributed by atoms with Gasteiger partial charge in [-0.3, -0.25) is 4.79 Å². The van der Waals surface area contributed by atoms with Crippen LogP contribution >= 0.6 is 0 Å². The third-order valence-electron chi connectivity index (χ3n) is 5.92. The third-order valence-corrected chi connectivity index (χ3v) is 5.92. The lowest BCUT2D eigenvalue weighted by atomic mass is 9.76. The first-order chi connectivity index (χ1) is 13.2. The Balaban J connectivity index is 1.94. The van der Waals surface area contributed by atoms with E-state index in [9.17, 15) is 4.79 Å². The van der Waals surface area contributed by atoms with Gasteiger partial charge in [0, 0.05) is 38.7 Å². The Labute approximate surface area is 167 Å². The van der Waals surface area contributed by atoms with Crippen molar-refractivity contribution < 1.29 is 4.79 Å². The predicted octanol–water partition coefficient (Wildman–Crippen LogP) is 3.18. The maximum Gasteiger partial charge on any atom is 0.249 e. The zero-order chi connectivity index (χ0) is 20.5. The summed E-state index contributed by atoms with van der Waals surface area (Å²) in [5.41, 5.74) is 9.95. The number of benzene rings is 1. The molecule has 0 radical (unpaired) electrons. The van der Waals surface area contributed by atoms with E-state index in [1.165, 1.54) is 11.1 Å². The van der Waals surface area contributed by atoms with Gasteiger partial charge in [-0.05, 0) is 47.4 Å². The number of allylic oxidation sites excluding steroid dienone is 2. The van der Waals surface area contributed by atoms with Gasteiger partial charge in [-0.25, -0.2) is 0 Å². The second kappa shape index (κ2) is 7.67. The van der Waals surface area contributed by atoms with Crippen LogP contribution in [0.25, 0.3) is 5.57 Å². The smallest absolute Gasteiger partial charge is 0.249 e. The van der Waals surface area contributed by atoms with E-state index in [0.29, 0.717) is 16.9 Å². The first-order valence-electron chi connectivity index (χ1n) is 9.74. The van der Waals surface area contributed by atoms with Crippen molar-refractivity contribution in [3.8, 4) is 6.19 Å². The van der Waals surface area contributed by atoms with E-state index in [1.54, 1.807) is 0 Å². The second-order valence-corrected chi connectivity index (χ2v) is 8.74. The summed E-state index contributed by atoms with van der Waals surface area (Å²) in [6.07, 6.45) is 7.21. The molecule has 1 fully saturated rings. The van der Waals surface area contributed by atoms with Gasteiger partial charge in [-0.15, -0.1) is 4.99 Å². The molecule has 0 spiro atoms. The molecule has 1 aromatic carbocycles. The Kier molecular flexibility index (Phi) is 5.46. The van der Waals surface area contributed by atoms with Crippen LogP contribution in [0.1, 0.15) is 60.5 Å². The van der Waals surface area contributed by atoms with E-state index < -0.39 is 0 Å². The zero-order valence-corrected chi connectivity index (χ0v) is 17.2. The van der Waals surface area contributed by atoms with Crippen molar-refractivity contribution in [1.29, 1.82) is 5.26 Å². The summed E-state index contributed by atoms with van der Waals surface area (Å²) < 4.78 is 0. The van der Waals surface area contributed by atoms with Crippen molar-refractivity contribution >= 4 is 17.4 Å². The molecule has 6 nitrogen and oxygen atoms in total. The number of hydrogen-bond acceptors (Lipinski definition) is 3. The van der Waals surface area contributed by atoms with E-state index in [1.807, 2.05) is 42.2 Å². The molecule has 148 valence electrons. The van der Waals surface area contributed by atoms with Crippen molar-refractivity contribution in [2.24, 2.45) is 16.1 Å². The van der Waals surface area contributed by atoms with Crippen LogP contribution in [0, 0.1) is 16.9 Å². The highest BCUT2D eigenvalue weighted by Gasteiger charge is 2.29. The van der Waals surface area contributed by atoms with Crippen molar-refractivity contribution in [1.82, 2.24) is 9.80 Å². The van der Waals surface area contributed by atoms with E-state index >= 15 is 0 Å². The summed E-state index contributed by atoms with van der Waals surface area (Å²) in [7, 11) is 3.90. The van der Waals surface area contributed by atoms with Gasteiger partial charge in [-0.2, -0.15) is 5.26 Å². The molecule has 28 heavy (non-hydrogen) atoms. The molecule has 3 rings (SSSR count). The number of primary amides is 1. The van der Waals surface area contributed by atoms with Crippen molar-refractivity contribution in [3.63, 3.8) is 0 Å². The number of carbonyl (C=O) groups excluding carboxylic acids is 1. The van der Waals surface area contributed by atoms with E-state index in [2.05, 4.69) is 31.0 Å². The number of aliphatic imine (C=N–C) groups is 1. The quantitative estimate of drug-likeness (QED) is 0.817. The number of guanidine groups is 1. The first-order valence-corrected chi connectivity index (χ1v) is 9.74. The summed E-state index contributed by atoms with van der Waals surface area (Å²) in [6, 6.07) is 6.02. The third kappa shape index (κ3) is 4.04. The normalized spacial score (nSPS) is 21.8. The molecular formula is C22H29N5O. The first kappa shape index (κ1) is 19.9. The molecule has 2 N–H and O–H groups in total. The lowest BCUT2D eigenvalue weighted by Crippen LogP contribution is -2.49. The average molecular weight is 380 g/mol. The fourth-order valence-electron chi connectivity index (χ4n) is 4.22. The minimum absolute atomic E-state index is 0.258. The zero-order valence-electron chi connectivity index (χ0n) is 17.2. The molecule has 1 heterocycles. The maximum absolute atomic E-state index is 12.0. The predicted molar refractivity (Wildman–Crippen MR) is 112 cm³/mol. The topological polar surface area (TPSA) is 85.7 Å². The molecule has 0 atom stereocenters. The lowest BCUT2D eigenvalue weighted by molar-refractivity contribution is 0.1000. The summed E-state index contributed by atoms with van der Waals surface area (Å²) >= 11 is 0. The molecule has 0 unspecified atom stereocenters. The van der Waals surface area contributed by atoms with Gasteiger partial charge in [0.15, 0.2) is 0 Å². The Bertz CT molecular complexity index is 863. The summed E-state index contributed by atoms with van der Waals surface area (Å²) in [5.74, 6) is 0.563. The Morgan fingerprint density at radius 1 is 1.29 bits per heavy atom.